The summed E-state index contributed by atoms with van der Waals surface area (Å²) in [5.74, 6) is -0.122. The van der Waals surface area contributed by atoms with E-state index in [4.69, 9.17) is 9.47 Å². The Bertz CT molecular complexity index is 948. The summed E-state index contributed by atoms with van der Waals surface area (Å²) in [5.41, 5.74) is 1.78. The van der Waals surface area contributed by atoms with Crippen molar-refractivity contribution >= 4 is 23.3 Å². The molecule has 0 aliphatic carbocycles. The van der Waals surface area contributed by atoms with Crippen LogP contribution < -0.4 is 10.1 Å². The number of amides is 1. The first-order valence-corrected chi connectivity index (χ1v) is 8.78. The van der Waals surface area contributed by atoms with Crippen LogP contribution in [0.2, 0.25) is 0 Å². The van der Waals surface area contributed by atoms with Crippen molar-refractivity contribution in [2.24, 2.45) is 0 Å². The zero-order valence-corrected chi connectivity index (χ0v) is 15.3. The van der Waals surface area contributed by atoms with E-state index in [1.165, 1.54) is 5.56 Å². The number of aromatic nitrogens is 2. The lowest BCUT2D eigenvalue weighted by atomic mass is 10.2. The number of carbonyl (C=O) groups is 2. The van der Waals surface area contributed by atoms with E-state index >= 15 is 0 Å². The fourth-order valence-corrected chi connectivity index (χ4v) is 2.60. The number of imidazole rings is 1. The Morgan fingerprint density at radius 3 is 2.59 bits per heavy atom. The number of hydrogen-bond acceptors (Lipinski definition) is 5. The Hall–Kier alpha value is -3.35. The average molecular weight is 367 g/mol. The van der Waals surface area contributed by atoms with Crippen LogP contribution in [0.4, 0.5) is 5.82 Å². The largest absolute Gasteiger partial charge is 0.484 e. The van der Waals surface area contributed by atoms with Crippen LogP contribution in [0, 0.1) is 0 Å². The minimum Gasteiger partial charge on any atom is -0.484 e. The molecule has 2 heterocycles. The van der Waals surface area contributed by atoms with Crippen molar-refractivity contribution in [3.05, 3.63) is 59.9 Å². The molecule has 0 spiro atoms. The zero-order valence-electron chi connectivity index (χ0n) is 15.3. The highest BCUT2D eigenvalue weighted by atomic mass is 16.5. The molecule has 1 aromatic carbocycles. The quantitative estimate of drug-likeness (QED) is 0.649. The van der Waals surface area contributed by atoms with Gasteiger partial charge in [-0.2, -0.15) is 0 Å². The van der Waals surface area contributed by atoms with Crippen LogP contribution in [0.25, 0.3) is 5.65 Å². The predicted octanol–water partition coefficient (Wildman–Crippen LogP) is 3.09. The number of ether oxygens (including phenoxy) is 2. The maximum atomic E-state index is 12.4. The van der Waals surface area contributed by atoms with E-state index in [2.05, 4.69) is 17.2 Å². The van der Waals surface area contributed by atoms with E-state index in [1.807, 2.05) is 24.3 Å². The molecule has 7 nitrogen and oxygen atoms in total. The second kappa shape index (κ2) is 8.35. The average Bonchev–Trinajstić information content (AvgIpc) is 3.05. The summed E-state index contributed by atoms with van der Waals surface area (Å²) < 4.78 is 12.2. The van der Waals surface area contributed by atoms with Crippen LogP contribution in [-0.2, 0) is 16.0 Å². The molecule has 1 amide bonds. The fourth-order valence-electron chi connectivity index (χ4n) is 2.60. The van der Waals surface area contributed by atoms with Gasteiger partial charge in [-0.05, 0) is 43.2 Å². The number of anilines is 1. The van der Waals surface area contributed by atoms with Crippen molar-refractivity contribution in [3.63, 3.8) is 0 Å². The van der Waals surface area contributed by atoms with Crippen LogP contribution >= 0.6 is 0 Å². The molecular weight excluding hydrogens is 346 g/mol. The highest BCUT2D eigenvalue weighted by molar-refractivity contribution is 6.00. The molecule has 0 radical (unpaired) electrons. The van der Waals surface area contributed by atoms with Crippen LogP contribution in [0.1, 0.15) is 29.9 Å². The van der Waals surface area contributed by atoms with Gasteiger partial charge in [-0.25, -0.2) is 9.78 Å². The van der Waals surface area contributed by atoms with Gasteiger partial charge in [0.2, 0.25) is 0 Å². The number of benzene rings is 1. The molecule has 0 bridgehead atoms. The highest BCUT2D eigenvalue weighted by Crippen LogP contribution is 2.19. The molecule has 0 atom stereocenters. The monoisotopic (exact) mass is 367 g/mol. The number of rotatable bonds is 7. The van der Waals surface area contributed by atoms with Gasteiger partial charge in [-0.15, -0.1) is 0 Å². The van der Waals surface area contributed by atoms with Gasteiger partial charge in [0.05, 0.1) is 6.61 Å². The Kier molecular flexibility index (Phi) is 5.71. The fraction of sp³-hybridized carbons (Fsp3) is 0.250. The Labute approximate surface area is 156 Å². The molecule has 3 aromatic rings. The summed E-state index contributed by atoms with van der Waals surface area (Å²) in [6.07, 6.45) is 2.65. The maximum absolute atomic E-state index is 12.4. The summed E-state index contributed by atoms with van der Waals surface area (Å²) >= 11 is 0. The van der Waals surface area contributed by atoms with Crippen LogP contribution in [0.5, 0.6) is 5.75 Å². The lowest BCUT2D eigenvalue weighted by Crippen LogP contribution is -2.22. The topological polar surface area (TPSA) is 81.9 Å². The normalized spacial score (nSPS) is 10.6. The minimum absolute atomic E-state index is 0.0590. The number of fused-ring (bicyclic) bond motifs is 1. The van der Waals surface area contributed by atoms with E-state index < -0.39 is 11.9 Å². The minimum atomic E-state index is -0.590. The number of esters is 1. The second-order valence-corrected chi connectivity index (χ2v) is 5.79. The second-order valence-electron chi connectivity index (χ2n) is 5.79. The van der Waals surface area contributed by atoms with Gasteiger partial charge in [0.25, 0.3) is 5.91 Å². The molecule has 0 saturated carbocycles. The Morgan fingerprint density at radius 1 is 1.11 bits per heavy atom. The molecule has 2 aromatic heterocycles. The summed E-state index contributed by atoms with van der Waals surface area (Å²) in [5, 5.41) is 2.70. The number of carbonyl (C=O) groups excluding carboxylic acids is 2. The first-order chi connectivity index (χ1) is 13.1. The van der Waals surface area contributed by atoms with Crippen molar-refractivity contribution in [1.29, 1.82) is 0 Å². The smallest absolute Gasteiger partial charge is 0.360 e. The van der Waals surface area contributed by atoms with Gasteiger partial charge in [-0.1, -0.05) is 25.1 Å². The SMILES string of the molecule is CCOC(=O)c1nc2ccccn2c1NC(=O)COc1ccc(CC)cc1. The molecular formula is C20H21N3O4. The lowest BCUT2D eigenvalue weighted by molar-refractivity contribution is -0.118. The summed E-state index contributed by atoms with van der Waals surface area (Å²) in [6, 6.07) is 12.9. The number of aryl methyl sites for hydroxylation is 1. The van der Waals surface area contributed by atoms with E-state index in [9.17, 15) is 9.59 Å². The molecule has 27 heavy (non-hydrogen) atoms. The third-order valence-corrected chi connectivity index (χ3v) is 3.96. The van der Waals surface area contributed by atoms with E-state index in [0.29, 0.717) is 11.4 Å². The van der Waals surface area contributed by atoms with Crippen molar-refractivity contribution in [2.75, 3.05) is 18.5 Å². The summed E-state index contributed by atoms with van der Waals surface area (Å²) in [7, 11) is 0. The van der Waals surface area contributed by atoms with Crippen LogP contribution in [0.3, 0.4) is 0 Å². The molecule has 3 rings (SSSR count). The predicted molar refractivity (Wildman–Crippen MR) is 101 cm³/mol. The van der Waals surface area contributed by atoms with Gasteiger partial charge >= 0.3 is 5.97 Å². The Morgan fingerprint density at radius 2 is 1.89 bits per heavy atom. The number of nitrogens with zero attached hydrogens (tertiary/aromatic N) is 2. The van der Waals surface area contributed by atoms with Crippen molar-refractivity contribution in [2.45, 2.75) is 20.3 Å². The van der Waals surface area contributed by atoms with Crippen molar-refractivity contribution in [3.8, 4) is 5.75 Å². The standard InChI is InChI=1S/C20H21N3O4/c1-3-14-8-10-15(11-9-14)27-13-17(24)22-19-18(20(25)26-4-2)21-16-7-5-6-12-23(16)19/h5-12H,3-4,13H2,1-2H3,(H,22,24). The van der Waals surface area contributed by atoms with E-state index in [0.717, 1.165) is 6.42 Å². The third-order valence-electron chi connectivity index (χ3n) is 3.96. The van der Waals surface area contributed by atoms with Gasteiger partial charge < -0.3 is 14.8 Å². The van der Waals surface area contributed by atoms with Crippen LogP contribution in [-0.4, -0.2) is 34.5 Å². The zero-order chi connectivity index (χ0) is 19.2. The molecule has 140 valence electrons. The molecule has 7 heteroatoms. The van der Waals surface area contributed by atoms with Crippen LogP contribution in [0.15, 0.2) is 48.7 Å². The van der Waals surface area contributed by atoms with Gasteiger partial charge in [0.1, 0.15) is 11.4 Å². The van der Waals surface area contributed by atoms with Gasteiger partial charge in [0.15, 0.2) is 18.1 Å². The molecule has 0 aliphatic rings. The molecule has 0 unspecified atom stereocenters. The van der Waals surface area contributed by atoms with Crippen molar-refractivity contribution in [1.82, 2.24) is 9.38 Å². The van der Waals surface area contributed by atoms with Crippen molar-refractivity contribution < 1.29 is 19.1 Å². The number of hydrogen-bond donors (Lipinski definition) is 1. The Balaban J connectivity index is 1.75. The van der Waals surface area contributed by atoms with E-state index in [-0.39, 0.29) is 24.7 Å². The molecule has 0 saturated heterocycles. The maximum Gasteiger partial charge on any atom is 0.360 e. The number of pyridine rings is 1. The van der Waals surface area contributed by atoms with Gasteiger partial charge in [-0.3, -0.25) is 9.20 Å². The lowest BCUT2D eigenvalue weighted by Gasteiger charge is -2.09. The summed E-state index contributed by atoms with van der Waals surface area (Å²) in [4.78, 5) is 28.8. The first-order valence-electron chi connectivity index (χ1n) is 8.78. The third kappa shape index (κ3) is 4.25. The number of nitrogens with one attached hydrogen (secondary N) is 1. The molecule has 1 N–H and O–H groups in total. The van der Waals surface area contributed by atoms with Gasteiger partial charge in [0, 0.05) is 6.20 Å². The summed E-state index contributed by atoms with van der Waals surface area (Å²) in [6.45, 7) is 3.81. The molecule has 0 fully saturated rings. The first kappa shape index (κ1) is 18.4. The highest BCUT2D eigenvalue weighted by Gasteiger charge is 2.21. The molecule has 0 aliphatic heterocycles. The van der Waals surface area contributed by atoms with E-state index in [1.54, 1.807) is 35.7 Å².